The van der Waals surface area contributed by atoms with Gasteiger partial charge in [0.1, 0.15) is 10.6 Å². The Labute approximate surface area is 137 Å². The van der Waals surface area contributed by atoms with Gasteiger partial charge >= 0.3 is 0 Å². The number of rotatable bonds is 4. The number of fused-ring (bicyclic) bond motifs is 1. The van der Waals surface area contributed by atoms with Crippen LogP contribution in [0.15, 0.2) is 24.1 Å². The van der Waals surface area contributed by atoms with Crippen LogP contribution in [0.4, 0.5) is 5.82 Å². The minimum Gasteiger partial charge on any atom is -0.367 e. The summed E-state index contributed by atoms with van der Waals surface area (Å²) in [5.41, 5.74) is 0. The lowest BCUT2D eigenvalue weighted by atomic mass is 9.91. The Hall–Kier alpha value is -1.66. The van der Waals surface area contributed by atoms with Gasteiger partial charge in [0.05, 0.1) is 5.39 Å². The van der Waals surface area contributed by atoms with Crippen molar-refractivity contribution in [2.75, 3.05) is 5.32 Å². The van der Waals surface area contributed by atoms with Crippen LogP contribution in [0.5, 0.6) is 0 Å². The lowest BCUT2D eigenvalue weighted by molar-refractivity contribution is -0.117. The number of carbonyl (C=O) groups excluding carboxylic acids is 1. The second-order valence-corrected chi connectivity index (χ2v) is 6.62. The molecule has 1 aliphatic carbocycles. The lowest BCUT2D eigenvalue weighted by Crippen LogP contribution is -2.39. The molecule has 1 aliphatic rings. The van der Waals surface area contributed by atoms with Gasteiger partial charge in [-0.05, 0) is 54.8 Å². The van der Waals surface area contributed by atoms with E-state index in [2.05, 4.69) is 27.2 Å². The van der Waals surface area contributed by atoms with E-state index in [9.17, 15) is 4.79 Å². The maximum absolute atomic E-state index is 11.3. The number of aromatic nitrogens is 2. The maximum atomic E-state index is 11.3. The number of nitrogens with zero attached hydrogens (tertiary/aromatic N) is 2. The molecule has 1 fully saturated rings. The molecule has 0 unspecified atom stereocenters. The van der Waals surface area contributed by atoms with Gasteiger partial charge < -0.3 is 10.6 Å². The van der Waals surface area contributed by atoms with Gasteiger partial charge in [0.2, 0.25) is 11.2 Å². The molecule has 0 aromatic carbocycles. The predicted octanol–water partition coefficient (Wildman–Crippen LogP) is 3.37. The van der Waals surface area contributed by atoms with Gasteiger partial charge in [-0.15, -0.1) is 11.3 Å². The van der Waals surface area contributed by atoms with Gasteiger partial charge in [-0.2, -0.15) is 0 Å². The van der Waals surface area contributed by atoms with Gasteiger partial charge in [-0.25, -0.2) is 9.97 Å². The number of hydrogen-bond acceptors (Lipinski definition) is 5. The Bertz CT molecular complexity index is 694. The molecule has 1 saturated carbocycles. The Morgan fingerprint density at radius 2 is 2.05 bits per heavy atom. The summed E-state index contributed by atoms with van der Waals surface area (Å²) >= 11 is 7.54. The van der Waals surface area contributed by atoms with E-state index >= 15 is 0 Å². The molecule has 7 heteroatoms. The molecule has 2 aromatic rings. The molecule has 116 valence electrons. The molecule has 0 spiro atoms. The quantitative estimate of drug-likeness (QED) is 0.663. The van der Waals surface area contributed by atoms with Crippen LogP contribution < -0.4 is 10.6 Å². The van der Waals surface area contributed by atoms with Crippen LogP contribution in [0.1, 0.15) is 25.7 Å². The van der Waals surface area contributed by atoms with Gasteiger partial charge in [0.25, 0.3) is 0 Å². The van der Waals surface area contributed by atoms with Crippen LogP contribution in [-0.2, 0) is 4.79 Å². The van der Waals surface area contributed by atoms with E-state index in [1.54, 1.807) is 11.3 Å². The number of hydrogen-bond donors (Lipinski definition) is 2. The summed E-state index contributed by atoms with van der Waals surface area (Å²) in [6.45, 7) is 3.48. The molecule has 0 saturated heterocycles. The average Bonchev–Trinajstić information content (AvgIpc) is 2.97. The van der Waals surface area contributed by atoms with Crippen molar-refractivity contribution in [1.82, 2.24) is 15.3 Å². The summed E-state index contributed by atoms with van der Waals surface area (Å²) in [6.07, 6.45) is 5.18. The van der Waals surface area contributed by atoms with Crippen LogP contribution >= 0.6 is 22.9 Å². The van der Waals surface area contributed by atoms with Crippen LogP contribution in [0.25, 0.3) is 10.2 Å². The fourth-order valence-corrected chi connectivity index (χ4v) is 3.76. The van der Waals surface area contributed by atoms with Crippen molar-refractivity contribution in [2.24, 2.45) is 0 Å². The molecule has 0 radical (unpaired) electrons. The molecular weight excluding hydrogens is 320 g/mol. The number of carbonyl (C=O) groups is 1. The van der Waals surface area contributed by atoms with Crippen LogP contribution in [0, 0.1) is 0 Å². The Kier molecular flexibility index (Phi) is 4.59. The third-order valence-electron chi connectivity index (χ3n) is 3.90. The summed E-state index contributed by atoms with van der Waals surface area (Å²) in [4.78, 5) is 20.8. The Morgan fingerprint density at radius 1 is 1.32 bits per heavy atom. The van der Waals surface area contributed by atoms with E-state index in [1.807, 2.05) is 11.4 Å². The highest BCUT2D eigenvalue weighted by molar-refractivity contribution is 7.16. The van der Waals surface area contributed by atoms with Gasteiger partial charge in [0, 0.05) is 12.1 Å². The molecule has 0 aliphatic heterocycles. The fourth-order valence-electron chi connectivity index (χ4n) is 2.77. The minimum absolute atomic E-state index is 0.0982. The van der Waals surface area contributed by atoms with Crippen molar-refractivity contribution in [1.29, 1.82) is 0 Å². The minimum atomic E-state index is -0.0982. The number of halogens is 1. The van der Waals surface area contributed by atoms with Crippen molar-refractivity contribution in [2.45, 2.75) is 37.8 Å². The first-order chi connectivity index (χ1) is 10.7. The third-order valence-corrected chi connectivity index (χ3v) is 4.87. The van der Waals surface area contributed by atoms with Gasteiger partial charge in [0.15, 0.2) is 0 Å². The Morgan fingerprint density at radius 3 is 2.77 bits per heavy atom. The van der Waals surface area contributed by atoms with Crippen LogP contribution in [0.2, 0.25) is 5.28 Å². The van der Waals surface area contributed by atoms with Crippen molar-refractivity contribution >= 4 is 44.9 Å². The number of thiophene rings is 1. The highest BCUT2D eigenvalue weighted by Crippen LogP contribution is 2.29. The highest BCUT2D eigenvalue weighted by Gasteiger charge is 2.22. The zero-order chi connectivity index (χ0) is 15.5. The van der Waals surface area contributed by atoms with Gasteiger partial charge in [-0.3, -0.25) is 4.79 Å². The van der Waals surface area contributed by atoms with Crippen molar-refractivity contribution < 1.29 is 4.79 Å². The normalized spacial score (nSPS) is 21.5. The summed E-state index contributed by atoms with van der Waals surface area (Å²) in [5, 5.41) is 9.70. The van der Waals surface area contributed by atoms with Crippen LogP contribution in [0.3, 0.4) is 0 Å². The molecule has 0 atom stereocenters. The molecule has 22 heavy (non-hydrogen) atoms. The lowest BCUT2D eigenvalue weighted by Gasteiger charge is -2.29. The largest absolute Gasteiger partial charge is 0.367 e. The molecule has 3 rings (SSSR count). The van der Waals surface area contributed by atoms with E-state index in [0.717, 1.165) is 41.7 Å². The molecule has 0 bridgehead atoms. The molecule has 2 N–H and O–H groups in total. The van der Waals surface area contributed by atoms with E-state index in [4.69, 9.17) is 11.6 Å². The van der Waals surface area contributed by atoms with Crippen LogP contribution in [-0.4, -0.2) is 28.0 Å². The van der Waals surface area contributed by atoms with E-state index in [0.29, 0.717) is 6.04 Å². The summed E-state index contributed by atoms with van der Waals surface area (Å²) in [5.74, 6) is 0.703. The first-order valence-corrected chi connectivity index (χ1v) is 8.51. The van der Waals surface area contributed by atoms with E-state index < -0.39 is 0 Å². The second-order valence-electron chi connectivity index (χ2n) is 5.39. The average molecular weight is 337 g/mol. The zero-order valence-electron chi connectivity index (χ0n) is 12.0. The Balaban J connectivity index is 1.63. The van der Waals surface area contributed by atoms with Crippen molar-refractivity contribution in [3.8, 4) is 0 Å². The summed E-state index contributed by atoms with van der Waals surface area (Å²) in [7, 11) is 0. The molecule has 1 amide bonds. The molecule has 5 nitrogen and oxygen atoms in total. The smallest absolute Gasteiger partial charge is 0.243 e. The van der Waals surface area contributed by atoms with Crippen molar-refractivity contribution in [3.05, 3.63) is 29.4 Å². The zero-order valence-corrected chi connectivity index (χ0v) is 13.6. The van der Waals surface area contributed by atoms with E-state index in [-0.39, 0.29) is 17.2 Å². The topological polar surface area (TPSA) is 66.9 Å². The summed E-state index contributed by atoms with van der Waals surface area (Å²) < 4.78 is 0. The number of nitrogens with one attached hydrogen (secondary N) is 2. The molecular formula is C15H17ClN4OS. The summed E-state index contributed by atoms with van der Waals surface area (Å²) in [6, 6.07) is 2.58. The van der Waals surface area contributed by atoms with Crippen molar-refractivity contribution in [3.63, 3.8) is 0 Å². The fraction of sp³-hybridized carbons (Fsp3) is 0.400. The second kappa shape index (κ2) is 6.62. The standard InChI is InChI=1S/C15H17ClN4OS/c1-2-12(21)17-9-3-5-10(6-4-9)18-13-11-7-8-22-14(11)20-15(16)19-13/h2,7-10H,1,3-6H2,(H,17,21)(H,18,19,20)/t9-,10+. The molecule has 2 aromatic heterocycles. The monoisotopic (exact) mass is 336 g/mol. The SMILES string of the molecule is C=CC(=O)N[C@H]1CC[C@@H](Nc2nc(Cl)nc3sccc23)CC1. The van der Waals surface area contributed by atoms with Gasteiger partial charge in [-0.1, -0.05) is 6.58 Å². The maximum Gasteiger partial charge on any atom is 0.243 e. The highest BCUT2D eigenvalue weighted by atomic mass is 35.5. The van der Waals surface area contributed by atoms with E-state index in [1.165, 1.54) is 6.08 Å². The third kappa shape index (κ3) is 3.39. The number of amides is 1. The predicted molar refractivity (Wildman–Crippen MR) is 90.4 cm³/mol. The first kappa shape index (κ1) is 15.2. The number of anilines is 1. The molecule has 2 heterocycles. The first-order valence-electron chi connectivity index (χ1n) is 7.26.